The van der Waals surface area contributed by atoms with Crippen molar-refractivity contribution in [3.8, 4) is 0 Å². The summed E-state index contributed by atoms with van der Waals surface area (Å²) in [5.74, 6) is 0. The van der Waals surface area contributed by atoms with E-state index in [0.29, 0.717) is 18.2 Å². The predicted octanol–water partition coefficient (Wildman–Crippen LogP) is 2.13. The zero-order valence-electron chi connectivity index (χ0n) is 9.50. The molecule has 0 unspecified atom stereocenters. The zero-order valence-corrected chi connectivity index (χ0v) is 9.50. The average molecular weight is 217 g/mol. The van der Waals surface area contributed by atoms with E-state index in [4.69, 9.17) is 0 Å². The lowest BCUT2D eigenvalue weighted by Gasteiger charge is -2.04. The highest BCUT2D eigenvalue weighted by Gasteiger charge is 2.03. The first kappa shape index (κ1) is 10.7. The lowest BCUT2D eigenvalue weighted by molar-refractivity contribution is 0.112. The fraction of sp³-hybridized carbons (Fsp3) is 0.333. The van der Waals surface area contributed by atoms with Gasteiger partial charge in [0.2, 0.25) is 0 Å². The molecule has 0 atom stereocenters. The van der Waals surface area contributed by atoms with Crippen LogP contribution in [0.3, 0.4) is 0 Å². The van der Waals surface area contributed by atoms with Crippen molar-refractivity contribution >= 4 is 6.29 Å². The molecule has 2 rings (SSSR count). The highest BCUT2D eigenvalue weighted by Crippen LogP contribution is 2.07. The van der Waals surface area contributed by atoms with Gasteiger partial charge in [-0.25, -0.2) is 0 Å². The molecule has 2 aromatic rings. The van der Waals surface area contributed by atoms with Gasteiger partial charge in [0.05, 0.1) is 12.2 Å². The summed E-state index contributed by atoms with van der Waals surface area (Å²) in [6.45, 7) is 4.89. The highest BCUT2D eigenvalue weighted by molar-refractivity contribution is 5.74. The van der Waals surface area contributed by atoms with Crippen LogP contribution in [0.4, 0.5) is 0 Å². The Kier molecular flexibility index (Phi) is 2.90. The van der Waals surface area contributed by atoms with Crippen LogP contribution < -0.4 is 0 Å². The van der Waals surface area contributed by atoms with Crippen LogP contribution in [0.5, 0.6) is 0 Å². The summed E-state index contributed by atoms with van der Waals surface area (Å²) in [7, 11) is 0. The van der Waals surface area contributed by atoms with Crippen LogP contribution in [-0.2, 0) is 6.54 Å². The molecule has 0 fully saturated rings. The van der Waals surface area contributed by atoms with Gasteiger partial charge in [-0.3, -0.25) is 9.48 Å². The second-order valence-electron chi connectivity index (χ2n) is 4.12. The summed E-state index contributed by atoms with van der Waals surface area (Å²) in [5, 5.41) is 4.45. The van der Waals surface area contributed by atoms with Crippen LogP contribution in [0.2, 0.25) is 0 Å². The molecule has 84 valence electrons. The molecule has 0 aliphatic carbocycles. The molecule has 0 aliphatic heterocycles. The Morgan fingerprint density at radius 3 is 2.75 bits per heavy atom. The van der Waals surface area contributed by atoms with Gasteiger partial charge >= 0.3 is 0 Å². The maximum atomic E-state index is 10.5. The molecule has 0 amide bonds. The molecule has 0 aliphatic rings. The Labute approximate surface area is 94.5 Å². The molecule has 0 bridgehead atoms. The minimum atomic E-state index is 0.379. The van der Waals surface area contributed by atoms with E-state index in [2.05, 4.69) is 18.9 Å². The van der Waals surface area contributed by atoms with Crippen LogP contribution in [0.1, 0.15) is 35.9 Å². The van der Waals surface area contributed by atoms with E-state index in [0.717, 1.165) is 12.0 Å². The van der Waals surface area contributed by atoms with Crippen LogP contribution in [0, 0.1) is 0 Å². The third-order valence-corrected chi connectivity index (χ3v) is 2.45. The minimum absolute atomic E-state index is 0.379. The van der Waals surface area contributed by atoms with E-state index in [1.165, 1.54) is 0 Å². The Morgan fingerprint density at radius 1 is 1.38 bits per heavy atom. The van der Waals surface area contributed by atoms with Gasteiger partial charge in [0, 0.05) is 30.2 Å². The Morgan fingerprint density at radius 2 is 2.19 bits per heavy atom. The standard InChI is InChI=1S/C12H15N3O/c1-10(2)15-6-4-12(13-15)8-14-5-3-11(7-14)9-16/h3-7,9-10H,8H2,1-2H3. The number of nitrogens with zero attached hydrogens (tertiary/aromatic N) is 3. The zero-order chi connectivity index (χ0) is 11.5. The molecule has 16 heavy (non-hydrogen) atoms. The first-order chi connectivity index (χ1) is 7.69. The second kappa shape index (κ2) is 4.35. The Balaban J connectivity index is 2.11. The maximum Gasteiger partial charge on any atom is 0.151 e. The third-order valence-electron chi connectivity index (χ3n) is 2.45. The van der Waals surface area contributed by atoms with Gasteiger partial charge in [0.15, 0.2) is 6.29 Å². The lowest BCUT2D eigenvalue weighted by atomic mass is 10.4. The minimum Gasteiger partial charge on any atom is -0.348 e. The molecular formula is C12H15N3O. The van der Waals surface area contributed by atoms with Gasteiger partial charge in [-0.05, 0) is 26.0 Å². The monoisotopic (exact) mass is 217 g/mol. The number of rotatable bonds is 4. The smallest absolute Gasteiger partial charge is 0.151 e. The highest BCUT2D eigenvalue weighted by atomic mass is 16.1. The summed E-state index contributed by atoms with van der Waals surface area (Å²) >= 11 is 0. The van der Waals surface area contributed by atoms with Crippen LogP contribution in [0.25, 0.3) is 0 Å². The average Bonchev–Trinajstić information content (AvgIpc) is 2.87. The van der Waals surface area contributed by atoms with Gasteiger partial charge in [0.1, 0.15) is 0 Å². The van der Waals surface area contributed by atoms with Crippen molar-refractivity contribution in [3.05, 3.63) is 42.0 Å². The quantitative estimate of drug-likeness (QED) is 0.736. The van der Waals surface area contributed by atoms with Gasteiger partial charge in [0.25, 0.3) is 0 Å². The summed E-state index contributed by atoms with van der Waals surface area (Å²) in [6.07, 6.45) is 6.53. The van der Waals surface area contributed by atoms with E-state index in [1.54, 1.807) is 6.07 Å². The summed E-state index contributed by atoms with van der Waals surface area (Å²) in [6, 6.07) is 4.18. The van der Waals surface area contributed by atoms with E-state index < -0.39 is 0 Å². The molecular weight excluding hydrogens is 202 g/mol. The Hall–Kier alpha value is -1.84. The number of carbonyl (C=O) groups excluding carboxylic acids is 1. The fourth-order valence-corrected chi connectivity index (χ4v) is 1.56. The molecule has 0 spiro atoms. The number of carbonyl (C=O) groups is 1. The molecule has 0 saturated heterocycles. The van der Waals surface area contributed by atoms with Crippen molar-refractivity contribution < 1.29 is 4.79 Å². The van der Waals surface area contributed by atoms with Crippen molar-refractivity contribution in [1.82, 2.24) is 14.3 Å². The van der Waals surface area contributed by atoms with Crippen molar-refractivity contribution in [2.45, 2.75) is 26.4 Å². The van der Waals surface area contributed by atoms with E-state index in [-0.39, 0.29) is 0 Å². The predicted molar refractivity (Wildman–Crippen MR) is 61.5 cm³/mol. The van der Waals surface area contributed by atoms with Crippen molar-refractivity contribution in [2.24, 2.45) is 0 Å². The van der Waals surface area contributed by atoms with Crippen molar-refractivity contribution in [1.29, 1.82) is 0 Å². The normalized spacial score (nSPS) is 10.9. The molecule has 0 aromatic carbocycles. The molecule has 2 heterocycles. The second-order valence-corrected chi connectivity index (χ2v) is 4.12. The lowest BCUT2D eigenvalue weighted by Crippen LogP contribution is -2.03. The summed E-state index contributed by atoms with van der Waals surface area (Å²) < 4.78 is 3.89. The van der Waals surface area contributed by atoms with Crippen LogP contribution in [0.15, 0.2) is 30.7 Å². The van der Waals surface area contributed by atoms with Crippen LogP contribution >= 0.6 is 0 Å². The first-order valence-electron chi connectivity index (χ1n) is 5.34. The first-order valence-corrected chi connectivity index (χ1v) is 5.34. The molecule has 4 nitrogen and oxygen atoms in total. The Bertz CT molecular complexity index is 482. The van der Waals surface area contributed by atoms with Gasteiger partial charge < -0.3 is 4.57 Å². The van der Waals surface area contributed by atoms with E-state index in [9.17, 15) is 4.79 Å². The van der Waals surface area contributed by atoms with Crippen molar-refractivity contribution in [3.63, 3.8) is 0 Å². The third kappa shape index (κ3) is 2.21. The molecule has 0 saturated carbocycles. The van der Waals surface area contributed by atoms with E-state index >= 15 is 0 Å². The van der Waals surface area contributed by atoms with Gasteiger partial charge in [-0.1, -0.05) is 0 Å². The number of aldehydes is 1. The van der Waals surface area contributed by atoms with Gasteiger partial charge in [-0.15, -0.1) is 0 Å². The summed E-state index contributed by atoms with van der Waals surface area (Å²) in [4.78, 5) is 10.5. The molecule has 4 heteroatoms. The SMILES string of the molecule is CC(C)n1ccc(Cn2ccc(C=O)c2)n1. The molecule has 0 radical (unpaired) electrons. The number of aromatic nitrogens is 3. The fourth-order valence-electron chi connectivity index (χ4n) is 1.56. The molecule has 2 aromatic heterocycles. The summed E-state index contributed by atoms with van der Waals surface area (Å²) in [5.41, 5.74) is 1.70. The number of hydrogen-bond donors (Lipinski definition) is 0. The van der Waals surface area contributed by atoms with Crippen molar-refractivity contribution in [2.75, 3.05) is 0 Å². The topological polar surface area (TPSA) is 39.8 Å². The maximum absolute atomic E-state index is 10.5. The molecule has 0 N–H and O–H groups in total. The van der Waals surface area contributed by atoms with Crippen LogP contribution in [-0.4, -0.2) is 20.6 Å². The largest absolute Gasteiger partial charge is 0.348 e. The number of hydrogen-bond acceptors (Lipinski definition) is 2. The van der Waals surface area contributed by atoms with Gasteiger partial charge in [-0.2, -0.15) is 5.10 Å². The van der Waals surface area contributed by atoms with E-state index in [1.807, 2.05) is 33.9 Å².